The summed E-state index contributed by atoms with van der Waals surface area (Å²) in [4.78, 5) is 31.2. The molecular weight excluding hydrogens is 280 g/mol. The van der Waals surface area contributed by atoms with E-state index in [9.17, 15) is 9.59 Å². The number of para-hydroxylation sites is 1. The highest BCUT2D eigenvalue weighted by molar-refractivity contribution is 6.23. The summed E-state index contributed by atoms with van der Waals surface area (Å²) in [6.45, 7) is 3.83. The van der Waals surface area contributed by atoms with Crippen molar-refractivity contribution in [3.05, 3.63) is 42.0 Å². The summed E-state index contributed by atoms with van der Waals surface area (Å²) in [5.74, 6) is -1.06. The van der Waals surface area contributed by atoms with Gasteiger partial charge in [0.15, 0.2) is 6.10 Å². The zero-order valence-electron chi connectivity index (χ0n) is 12.4. The number of fused-ring (bicyclic) bond motifs is 3. The number of nitrogens with zero attached hydrogens (tertiary/aromatic N) is 2. The van der Waals surface area contributed by atoms with Crippen molar-refractivity contribution in [3.8, 4) is 0 Å². The van der Waals surface area contributed by atoms with Gasteiger partial charge in [-0.2, -0.15) is 0 Å². The Morgan fingerprint density at radius 1 is 1.18 bits per heavy atom. The van der Waals surface area contributed by atoms with Crippen LogP contribution in [0.15, 0.2) is 47.0 Å². The van der Waals surface area contributed by atoms with Crippen LogP contribution in [0.5, 0.6) is 0 Å². The number of hydrogen-bond acceptors (Lipinski definition) is 4. The summed E-state index contributed by atoms with van der Waals surface area (Å²) in [7, 11) is 0. The smallest absolute Gasteiger partial charge is 0.263 e. The maximum atomic E-state index is 12.8. The summed E-state index contributed by atoms with van der Waals surface area (Å²) in [6, 6.07) is 8.63. The quantitative estimate of drug-likeness (QED) is 0.742. The van der Waals surface area contributed by atoms with Gasteiger partial charge in [-0.3, -0.25) is 14.6 Å². The molecule has 1 aromatic rings. The molecule has 3 aliphatic rings. The number of dihydropyridines is 1. The van der Waals surface area contributed by atoms with E-state index in [2.05, 4.69) is 4.99 Å². The summed E-state index contributed by atoms with van der Waals surface area (Å²) >= 11 is 0. The molecule has 22 heavy (non-hydrogen) atoms. The normalized spacial score (nSPS) is 36.4. The average Bonchev–Trinajstić information content (AvgIpc) is 2.91. The largest absolute Gasteiger partial charge is 0.355 e. The molecule has 0 aromatic heterocycles. The number of amides is 2. The Hall–Kier alpha value is -2.27. The first-order chi connectivity index (χ1) is 10.5. The van der Waals surface area contributed by atoms with E-state index in [1.54, 1.807) is 30.5 Å². The minimum atomic E-state index is -0.748. The molecule has 112 valence electrons. The van der Waals surface area contributed by atoms with Gasteiger partial charge in [-0.05, 0) is 37.6 Å². The highest BCUT2D eigenvalue weighted by Crippen LogP contribution is 2.46. The first kappa shape index (κ1) is 13.4. The Morgan fingerprint density at radius 2 is 1.91 bits per heavy atom. The monoisotopic (exact) mass is 296 g/mol. The maximum Gasteiger partial charge on any atom is 0.263 e. The second-order valence-electron chi connectivity index (χ2n) is 6.21. The van der Waals surface area contributed by atoms with Crippen LogP contribution in [0.3, 0.4) is 0 Å². The Labute approximate surface area is 128 Å². The van der Waals surface area contributed by atoms with Crippen LogP contribution >= 0.6 is 0 Å². The molecule has 1 aromatic carbocycles. The molecule has 2 fully saturated rings. The number of anilines is 1. The zero-order chi connectivity index (χ0) is 15.5. The molecule has 2 amide bonds. The zero-order valence-corrected chi connectivity index (χ0v) is 12.4. The predicted octanol–water partition coefficient (Wildman–Crippen LogP) is 1.73. The summed E-state index contributed by atoms with van der Waals surface area (Å²) in [6.07, 6.45) is 2.96. The number of hydrogen-bond donors (Lipinski definition) is 0. The molecule has 0 aliphatic carbocycles. The van der Waals surface area contributed by atoms with Crippen molar-refractivity contribution >= 4 is 23.7 Å². The third kappa shape index (κ3) is 1.66. The van der Waals surface area contributed by atoms with Crippen LogP contribution in [0.2, 0.25) is 0 Å². The van der Waals surface area contributed by atoms with Crippen molar-refractivity contribution < 1.29 is 14.3 Å². The molecule has 0 unspecified atom stereocenters. The van der Waals surface area contributed by atoms with Crippen molar-refractivity contribution in [3.63, 3.8) is 0 Å². The molecule has 0 bridgehead atoms. The fraction of sp³-hybridized carbons (Fsp3) is 0.353. The van der Waals surface area contributed by atoms with Crippen molar-refractivity contribution in [2.45, 2.75) is 31.6 Å². The van der Waals surface area contributed by atoms with E-state index >= 15 is 0 Å². The predicted molar refractivity (Wildman–Crippen MR) is 81.7 cm³/mol. The van der Waals surface area contributed by atoms with E-state index in [-0.39, 0.29) is 17.9 Å². The van der Waals surface area contributed by atoms with Gasteiger partial charge in [0.2, 0.25) is 5.91 Å². The van der Waals surface area contributed by atoms with Gasteiger partial charge in [0.05, 0.1) is 17.6 Å². The summed E-state index contributed by atoms with van der Waals surface area (Å²) in [5.41, 5.74) is 0.893. The molecule has 0 radical (unpaired) electrons. The van der Waals surface area contributed by atoms with Crippen LogP contribution in [-0.2, 0) is 14.3 Å². The number of carbonyl (C=O) groups excluding carboxylic acids is 2. The molecule has 0 spiro atoms. The van der Waals surface area contributed by atoms with E-state index < -0.39 is 17.6 Å². The number of benzene rings is 1. The lowest BCUT2D eigenvalue weighted by atomic mass is 9.85. The first-order valence-corrected chi connectivity index (χ1v) is 7.34. The number of carbonyl (C=O) groups is 2. The second-order valence-corrected chi connectivity index (χ2v) is 6.21. The van der Waals surface area contributed by atoms with E-state index in [1.807, 2.05) is 26.0 Å². The first-order valence-electron chi connectivity index (χ1n) is 7.34. The highest BCUT2D eigenvalue weighted by Gasteiger charge is 2.63. The van der Waals surface area contributed by atoms with Crippen molar-refractivity contribution in [2.24, 2.45) is 10.9 Å². The number of rotatable bonds is 1. The van der Waals surface area contributed by atoms with Crippen LogP contribution in [-0.4, -0.2) is 35.8 Å². The molecule has 0 N–H and O–H groups in total. The lowest BCUT2D eigenvalue weighted by Gasteiger charge is -2.30. The fourth-order valence-corrected chi connectivity index (χ4v) is 3.67. The topological polar surface area (TPSA) is 59.0 Å². The van der Waals surface area contributed by atoms with Crippen LogP contribution in [0, 0.1) is 5.92 Å². The van der Waals surface area contributed by atoms with Gasteiger partial charge in [-0.25, -0.2) is 4.90 Å². The Morgan fingerprint density at radius 3 is 2.64 bits per heavy atom. The standard InChI is InChI=1S/C17H16N2O3/c1-10-8-17(2)14(18-9-10)12-13(22-17)16(21)19(15(12)20)11-6-4-3-5-7-11/h3-9,12-14H,1-2H3/t12-,13-,14-,17-/m0/s1. The highest BCUT2D eigenvalue weighted by atomic mass is 16.5. The third-order valence-electron chi connectivity index (χ3n) is 4.57. The van der Waals surface area contributed by atoms with Gasteiger partial charge >= 0.3 is 0 Å². The number of imide groups is 1. The van der Waals surface area contributed by atoms with E-state index in [1.165, 1.54) is 4.90 Å². The molecule has 5 nitrogen and oxygen atoms in total. The molecule has 0 saturated carbocycles. The minimum absolute atomic E-state index is 0.222. The fourth-order valence-electron chi connectivity index (χ4n) is 3.67. The van der Waals surface area contributed by atoms with Crippen molar-refractivity contribution in [1.82, 2.24) is 0 Å². The molecule has 4 atom stereocenters. The van der Waals surface area contributed by atoms with Crippen LogP contribution in [0.4, 0.5) is 5.69 Å². The van der Waals surface area contributed by atoms with Gasteiger partial charge in [0.1, 0.15) is 5.60 Å². The summed E-state index contributed by atoms with van der Waals surface area (Å²) < 4.78 is 5.98. The Balaban J connectivity index is 1.74. The Bertz CT molecular complexity index is 725. The maximum absolute atomic E-state index is 12.8. The number of aliphatic imine (C=N–C) groups is 1. The van der Waals surface area contributed by atoms with Gasteiger partial charge < -0.3 is 4.74 Å². The van der Waals surface area contributed by atoms with Gasteiger partial charge in [-0.15, -0.1) is 0 Å². The van der Waals surface area contributed by atoms with Crippen molar-refractivity contribution in [1.29, 1.82) is 0 Å². The number of ether oxygens (including phenoxy) is 1. The average molecular weight is 296 g/mol. The van der Waals surface area contributed by atoms with E-state index in [4.69, 9.17) is 4.74 Å². The van der Waals surface area contributed by atoms with Gasteiger partial charge in [0.25, 0.3) is 5.91 Å². The lowest BCUT2D eigenvalue weighted by molar-refractivity contribution is -0.129. The third-order valence-corrected chi connectivity index (χ3v) is 4.57. The Kier molecular flexibility index (Phi) is 2.66. The molecule has 5 heteroatoms. The molecular formula is C17H16N2O3. The second kappa shape index (κ2) is 4.36. The lowest BCUT2D eigenvalue weighted by Crippen LogP contribution is -2.43. The van der Waals surface area contributed by atoms with Gasteiger partial charge in [0, 0.05) is 6.21 Å². The van der Waals surface area contributed by atoms with E-state index in [0.29, 0.717) is 5.69 Å². The molecule has 4 rings (SSSR count). The van der Waals surface area contributed by atoms with Crippen molar-refractivity contribution in [2.75, 3.05) is 4.90 Å². The minimum Gasteiger partial charge on any atom is -0.355 e. The van der Waals surface area contributed by atoms with E-state index in [0.717, 1.165) is 5.57 Å². The summed E-state index contributed by atoms with van der Waals surface area (Å²) in [5, 5.41) is 0. The SMILES string of the molecule is CC1=C[C@]2(C)O[C@@H]3C(=O)N(c4ccccc4)C(=O)[C@@H]3[C@@H]2N=C1. The van der Waals surface area contributed by atoms with Crippen LogP contribution in [0.25, 0.3) is 0 Å². The number of allylic oxidation sites excluding steroid dienone is 1. The van der Waals surface area contributed by atoms with Gasteiger partial charge in [-0.1, -0.05) is 18.2 Å². The molecule has 2 saturated heterocycles. The van der Waals surface area contributed by atoms with Crippen LogP contribution < -0.4 is 4.90 Å². The molecule has 3 aliphatic heterocycles. The van der Waals surface area contributed by atoms with Crippen LogP contribution in [0.1, 0.15) is 13.8 Å². The molecule has 3 heterocycles.